The van der Waals surface area contributed by atoms with Gasteiger partial charge in [-0.1, -0.05) is 13.8 Å². The Morgan fingerprint density at radius 3 is 2.55 bits per heavy atom. The van der Waals surface area contributed by atoms with Gasteiger partial charge in [-0.3, -0.25) is 4.68 Å². The van der Waals surface area contributed by atoms with Crippen molar-refractivity contribution in [2.45, 2.75) is 52.1 Å². The highest BCUT2D eigenvalue weighted by Gasteiger charge is 2.19. The van der Waals surface area contributed by atoms with Crippen molar-refractivity contribution < 1.29 is 0 Å². The van der Waals surface area contributed by atoms with E-state index in [1.165, 1.54) is 49.1 Å². The minimum atomic E-state index is 0.648. The summed E-state index contributed by atoms with van der Waals surface area (Å²) in [7, 11) is 2.03. The first kappa shape index (κ1) is 16.0. The van der Waals surface area contributed by atoms with Crippen LogP contribution < -0.4 is 5.32 Å². The molecule has 1 aliphatic rings. The first-order valence-electron chi connectivity index (χ1n) is 7.81. The van der Waals surface area contributed by atoms with Crippen LogP contribution in [0.1, 0.15) is 44.5 Å². The third-order valence-electron chi connectivity index (χ3n) is 4.19. The summed E-state index contributed by atoms with van der Waals surface area (Å²) in [6.45, 7) is 9.03. The first-order valence-corrected chi connectivity index (χ1v) is 8.61. The van der Waals surface area contributed by atoms with Crippen LogP contribution in [-0.2, 0) is 20.0 Å². The molecular formula is C15H27BrN4. The minimum absolute atomic E-state index is 0.648. The molecule has 0 radical (unpaired) electrons. The number of aryl methyl sites for hydroxylation is 2. The molecular weight excluding hydrogens is 316 g/mol. The normalized spacial score (nSPS) is 17.8. The quantitative estimate of drug-likeness (QED) is 0.862. The molecule has 0 aromatic carbocycles. The second-order valence-electron chi connectivity index (χ2n) is 5.68. The summed E-state index contributed by atoms with van der Waals surface area (Å²) in [5, 5.41) is 8.25. The molecule has 0 spiro atoms. The molecule has 0 unspecified atom stereocenters. The van der Waals surface area contributed by atoms with E-state index >= 15 is 0 Å². The SMILES string of the molecule is CCCN1CCC(NCc2c(Br)c(CC)nn2C)CC1. The van der Waals surface area contributed by atoms with Gasteiger partial charge < -0.3 is 10.2 Å². The zero-order valence-corrected chi connectivity index (χ0v) is 14.5. The van der Waals surface area contributed by atoms with Crippen LogP contribution in [0.2, 0.25) is 0 Å². The zero-order chi connectivity index (χ0) is 14.5. The molecule has 0 amide bonds. The maximum atomic E-state index is 4.55. The van der Waals surface area contributed by atoms with Crippen molar-refractivity contribution in [1.29, 1.82) is 0 Å². The largest absolute Gasteiger partial charge is 0.308 e. The molecule has 20 heavy (non-hydrogen) atoms. The van der Waals surface area contributed by atoms with Gasteiger partial charge in [0.15, 0.2) is 0 Å². The number of nitrogens with zero attached hydrogens (tertiary/aromatic N) is 3. The molecule has 0 saturated carbocycles. The van der Waals surface area contributed by atoms with E-state index in [0.717, 1.165) is 18.7 Å². The summed E-state index contributed by atoms with van der Waals surface area (Å²) in [4.78, 5) is 2.58. The van der Waals surface area contributed by atoms with Gasteiger partial charge in [-0.2, -0.15) is 5.10 Å². The van der Waals surface area contributed by atoms with Gasteiger partial charge in [0.25, 0.3) is 0 Å². The fourth-order valence-electron chi connectivity index (χ4n) is 2.93. The first-order chi connectivity index (χ1) is 9.65. The number of piperidine rings is 1. The van der Waals surface area contributed by atoms with E-state index in [9.17, 15) is 0 Å². The van der Waals surface area contributed by atoms with Gasteiger partial charge in [-0.15, -0.1) is 0 Å². The summed E-state index contributed by atoms with van der Waals surface area (Å²) in [6.07, 6.45) is 4.76. The lowest BCUT2D eigenvalue weighted by molar-refractivity contribution is 0.197. The van der Waals surface area contributed by atoms with E-state index in [-0.39, 0.29) is 0 Å². The molecule has 5 heteroatoms. The van der Waals surface area contributed by atoms with Crippen LogP contribution in [0.15, 0.2) is 4.47 Å². The molecule has 0 atom stereocenters. The number of hydrogen-bond acceptors (Lipinski definition) is 3. The Morgan fingerprint density at radius 1 is 1.30 bits per heavy atom. The van der Waals surface area contributed by atoms with Gasteiger partial charge in [-0.05, 0) is 61.2 Å². The number of hydrogen-bond donors (Lipinski definition) is 1. The molecule has 1 saturated heterocycles. The monoisotopic (exact) mass is 342 g/mol. The summed E-state index contributed by atoms with van der Waals surface area (Å²) in [6, 6.07) is 0.648. The Kier molecular flexibility index (Phi) is 6.05. The molecule has 1 fully saturated rings. The van der Waals surface area contributed by atoms with Crippen molar-refractivity contribution in [1.82, 2.24) is 20.0 Å². The molecule has 1 N–H and O–H groups in total. The fraction of sp³-hybridized carbons (Fsp3) is 0.800. The van der Waals surface area contributed by atoms with Crippen LogP contribution in [-0.4, -0.2) is 40.4 Å². The van der Waals surface area contributed by atoms with E-state index < -0.39 is 0 Å². The minimum Gasteiger partial charge on any atom is -0.308 e. The summed E-state index contributed by atoms with van der Waals surface area (Å²) < 4.78 is 3.18. The lowest BCUT2D eigenvalue weighted by atomic mass is 10.0. The molecule has 1 aromatic heterocycles. The van der Waals surface area contributed by atoms with Crippen LogP contribution in [0.5, 0.6) is 0 Å². The Labute approximate surface area is 131 Å². The summed E-state index contributed by atoms with van der Waals surface area (Å²) in [5.41, 5.74) is 2.42. The predicted molar refractivity (Wildman–Crippen MR) is 86.9 cm³/mol. The Bertz CT molecular complexity index is 422. The van der Waals surface area contributed by atoms with Gasteiger partial charge in [0.1, 0.15) is 0 Å². The molecule has 1 aromatic rings. The molecule has 2 rings (SSSR count). The van der Waals surface area contributed by atoms with E-state index in [4.69, 9.17) is 0 Å². The smallest absolute Gasteiger partial charge is 0.0767 e. The third kappa shape index (κ3) is 3.83. The van der Waals surface area contributed by atoms with Crippen LogP contribution in [0.25, 0.3) is 0 Å². The van der Waals surface area contributed by atoms with E-state index in [1.807, 2.05) is 11.7 Å². The Morgan fingerprint density at radius 2 is 2.00 bits per heavy atom. The van der Waals surface area contributed by atoms with Gasteiger partial charge in [0.2, 0.25) is 0 Å². The number of halogens is 1. The second-order valence-corrected chi connectivity index (χ2v) is 6.47. The molecule has 0 bridgehead atoms. The van der Waals surface area contributed by atoms with Crippen molar-refractivity contribution >= 4 is 15.9 Å². The Balaban J connectivity index is 1.83. The second kappa shape index (κ2) is 7.57. The van der Waals surface area contributed by atoms with Crippen molar-refractivity contribution in [3.63, 3.8) is 0 Å². The fourth-order valence-corrected chi connectivity index (χ4v) is 3.69. The van der Waals surface area contributed by atoms with E-state index in [2.05, 4.69) is 45.1 Å². The molecule has 114 valence electrons. The maximum absolute atomic E-state index is 4.55. The Hall–Kier alpha value is -0.390. The van der Waals surface area contributed by atoms with Gasteiger partial charge in [0, 0.05) is 19.6 Å². The number of nitrogens with one attached hydrogen (secondary N) is 1. The van der Waals surface area contributed by atoms with E-state index in [1.54, 1.807) is 0 Å². The third-order valence-corrected chi connectivity index (χ3v) is 5.10. The lowest BCUT2D eigenvalue weighted by Gasteiger charge is -2.32. The number of rotatable bonds is 6. The average molecular weight is 343 g/mol. The zero-order valence-electron chi connectivity index (χ0n) is 13.0. The number of likely N-dealkylation sites (tertiary alicyclic amines) is 1. The van der Waals surface area contributed by atoms with Crippen molar-refractivity contribution in [2.75, 3.05) is 19.6 Å². The van der Waals surface area contributed by atoms with Crippen LogP contribution in [0.4, 0.5) is 0 Å². The van der Waals surface area contributed by atoms with E-state index in [0.29, 0.717) is 6.04 Å². The van der Waals surface area contributed by atoms with Crippen molar-refractivity contribution in [2.24, 2.45) is 7.05 Å². The standard InChI is InChI=1S/C15H27BrN4/c1-4-8-20-9-6-12(7-10-20)17-11-14-15(16)13(5-2)18-19(14)3/h12,17H,4-11H2,1-3H3. The van der Waals surface area contributed by atoms with Gasteiger partial charge >= 0.3 is 0 Å². The predicted octanol–water partition coefficient (Wildman–Crippen LogP) is 2.71. The molecule has 4 nitrogen and oxygen atoms in total. The average Bonchev–Trinajstić information content (AvgIpc) is 2.73. The van der Waals surface area contributed by atoms with Crippen molar-refractivity contribution in [3.05, 3.63) is 15.9 Å². The van der Waals surface area contributed by atoms with Gasteiger partial charge in [0.05, 0.1) is 15.9 Å². The van der Waals surface area contributed by atoms with Crippen LogP contribution in [0, 0.1) is 0 Å². The molecule has 1 aliphatic heterocycles. The topological polar surface area (TPSA) is 33.1 Å². The van der Waals surface area contributed by atoms with Gasteiger partial charge in [-0.25, -0.2) is 0 Å². The lowest BCUT2D eigenvalue weighted by Crippen LogP contribution is -2.42. The highest BCUT2D eigenvalue weighted by atomic mass is 79.9. The van der Waals surface area contributed by atoms with Crippen molar-refractivity contribution in [3.8, 4) is 0 Å². The molecule has 0 aliphatic carbocycles. The summed E-state index contributed by atoms with van der Waals surface area (Å²) in [5.74, 6) is 0. The molecule has 2 heterocycles. The number of aromatic nitrogens is 2. The highest BCUT2D eigenvalue weighted by molar-refractivity contribution is 9.10. The highest BCUT2D eigenvalue weighted by Crippen LogP contribution is 2.22. The van der Waals surface area contributed by atoms with Crippen LogP contribution in [0.3, 0.4) is 0 Å². The summed E-state index contributed by atoms with van der Waals surface area (Å²) >= 11 is 3.69. The van der Waals surface area contributed by atoms with Crippen LogP contribution >= 0.6 is 15.9 Å². The maximum Gasteiger partial charge on any atom is 0.0767 e.